The van der Waals surface area contributed by atoms with Crippen LogP contribution < -0.4 is 0 Å². The van der Waals surface area contributed by atoms with Crippen LogP contribution in [0.2, 0.25) is 0 Å². The zero-order chi connectivity index (χ0) is 23.3. The normalized spacial score (nSPS) is 17.0. The predicted molar refractivity (Wildman–Crippen MR) is 117 cm³/mol. The molecule has 1 amide bonds. The molecule has 7 nitrogen and oxygen atoms in total. The Kier molecular flexibility index (Phi) is 7.63. The summed E-state index contributed by atoms with van der Waals surface area (Å²) in [5, 5.41) is 0. The monoisotopic (exact) mass is 462 g/mol. The SMILES string of the molecule is CC1CCCCN1S(=O)(=O)c1ccc(C(=O)OCC(=O)N(C)Cc2cccc(F)c2)cc1. The topological polar surface area (TPSA) is 84.0 Å². The van der Waals surface area contributed by atoms with E-state index in [2.05, 4.69) is 0 Å². The van der Waals surface area contributed by atoms with Crippen molar-refractivity contribution in [2.45, 2.75) is 43.7 Å². The molecular weight excluding hydrogens is 435 g/mol. The van der Waals surface area contributed by atoms with Crippen LogP contribution in [0.15, 0.2) is 53.4 Å². The van der Waals surface area contributed by atoms with Crippen molar-refractivity contribution in [3.63, 3.8) is 0 Å². The van der Waals surface area contributed by atoms with Gasteiger partial charge in [-0.3, -0.25) is 4.79 Å². The number of sulfonamides is 1. The summed E-state index contributed by atoms with van der Waals surface area (Å²) in [6.07, 6.45) is 2.66. The molecule has 0 N–H and O–H groups in total. The number of piperidine rings is 1. The molecule has 32 heavy (non-hydrogen) atoms. The van der Waals surface area contributed by atoms with Crippen LogP contribution in [-0.4, -0.2) is 55.7 Å². The third-order valence-corrected chi connectivity index (χ3v) is 7.53. The lowest BCUT2D eigenvalue weighted by Gasteiger charge is -2.32. The minimum atomic E-state index is -3.63. The first-order chi connectivity index (χ1) is 15.2. The molecule has 1 aliphatic heterocycles. The van der Waals surface area contributed by atoms with Gasteiger partial charge in [0.25, 0.3) is 5.91 Å². The van der Waals surface area contributed by atoms with E-state index in [-0.39, 0.29) is 23.0 Å². The summed E-state index contributed by atoms with van der Waals surface area (Å²) in [4.78, 5) is 26.0. The predicted octanol–water partition coefficient (Wildman–Crippen LogP) is 3.20. The van der Waals surface area contributed by atoms with Crippen molar-refractivity contribution in [2.24, 2.45) is 0 Å². The largest absolute Gasteiger partial charge is 0.452 e. The van der Waals surface area contributed by atoms with Crippen molar-refractivity contribution >= 4 is 21.9 Å². The lowest BCUT2D eigenvalue weighted by atomic mass is 10.1. The van der Waals surface area contributed by atoms with Crippen LogP contribution in [0.1, 0.15) is 42.1 Å². The van der Waals surface area contributed by atoms with Crippen molar-refractivity contribution in [1.82, 2.24) is 9.21 Å². The van der Waals surface area contributed by atoms with Crippen LogP contribution in [0, 0.1) is 5.82 Å². The number of hydrogen-bond donors (Lipinski definition) is 0. The number of likely N-dealkylation sites (N-methyl/N-ethyl adjacent to an activating group) is 1. The molecular formula is C23H27FN2O5S. The second-order valence-corrected chi connectivity index (χ2v) is 9.83. The maximum absolute atomic E-state index is 13.3. The molecule has 3 rings (SSSR count). The van der Waals surface area contributed by atoms with E-state index in [1.165, 1.54) is 52.7 Å². The number of rotatable bonds is 7. The number of ether oxygens (including phenoxy) is 1. The Balaban J connectivity index is 1.57. The highest BCUT2D eigenvalue weighted by Gasteiger charge is 2.31. The fraction of sp³-hybridized carbons (Fsp3) is 0.391. The Morgan fingerprint density at radius 2 is 1.88 bits per heavy atom. The summed E-state index contributed by atoms with van der Waals surface area (Å²) in [5.74, 6) is -1.57. The van der Waals surface area contributed by atoms with Crippen LogP contribution >= 0.6 is 0 Å². The van der Waals surface area contributed by atoms with E-state index < -0.39 is 34.3 Å². The molecule has 1 saturated heterocycles. The van der Waals surface area contributed by atoms with Crippen LogP contribution in [0.5, 0.6) is 0 Å². The van der Waals surface area contributed by atoms with Crippen molar-refractivity contribution < 1.29 is 27.1 Å². The van der Waals surface area contributed by atoms with Gasteiger partial charge in [-0.15, -0.1) is 0 Å². The van der Waals surface area contributed by atoms with E-state index in [1.807, 2.05) is 6.92 Å². The van der Waals surface area contributed by atoms with Gasteiger partial charge < -0.3 is 9.64 Å². The molecule has 0 bridgehead atoms. The number of benzene rings is 2. The van der Waals surface area contributed by atoms with Crippen molar-refractivity contribution in [1.29, 1.82) is 0 Å². The Morgan fingerprint density at radius 3 is 2.53 bits per heavy atom. The van der Waals surface area contributed by atoms with E-state index in [4.69, 9.17) is 4.74 Å². The molecule has 0 saturated carbocycles. The zero-order valence-electron chi connectivity index (χ0n) is 18.2. The van der Waals surface area contributed by atoms with E-state index in [0.29, 0.717) is 12.1 Å². The maximum Gasteiger partial charge on any atom is 0.338 e. The number of hydrogen-bond acceptors (Lipinski definition) is 5. The number of halogens is 1. The molecule has 1 atom stereocenters. The van der Waals surface area contributed by atoms with Gasteiger partial charge in [-0.25, -0.2) is 17.6 Å². The molecule has 0 aliphatic carbocycles. The van der Waals surface area contributed by atoms with E-state index in [1.54, 1.807) is 12.1 Å². The lowest BCUT2D eigenvalue weighted by Crippen LogP contribution is -2.41. The van der Waals surface area contributed by atoms with Crippen LogP contribution in [0.4, 0.5) is 4.39 Å². The summed E-state index contributed by atoms with van der Waals surface area (Å²) in [6.45, 7) is 2.08. The highest BCUT2D eigenvalue weighted by molar-refractivity contribution is 7.89. The van der Waals surface area contributed by atoms with E-state index in [9.17, 15) is 22.4 Å². The standard InChI is InChI=1S/C23H27FN2O5S/c1-17-6-3-4-13-26(17)32(29,30)21-11-9-19(10-12-21)23(28)31-16-22(27)25(2)15-18-7-5-8-20(24)14-18/h5,7-12,14,17H,3-4,6,13,15-16H2,1-2H3. The quantitative estimate of drug-likeness (QED) is 0.590. The minimum absolute atomic E-state index is 0.0613. The molecule has 9 heteroatoms. The smallest absolute Gasteiger partial charge is 0.338 e. The van der Waals surface area contributed by atoms with Crippen LogP contribution in [0.25, 0.3) is 0 Å². The highest BCUT2D eigenvalue weighted by atomic mass is 32.2. The van der Waals surface area contributed by atoms with Crippen LogP contribution in [0.3, 0.4) is 0 Å². The van der Waals surface area contributed by atoms with E-state index >= 15 is 0 Å². The first-order valence-corrected chi connectivity index (χ1v) is 11.9. The first kappa shape index (κ1) is 23.9. The third-order valence-electron chi connectivity index (χ3n) is 5.50. The molecule has 172 valence electrons. The summed E-state index contributed by atoms with van der Waals surface area (Å²) in [5.41, 5.74) is 0.767. The second kappa shape index (κ2) is 10.2. The Bertz CT molecular complexity index is 1070. The lowest BCUT2D eigenvalue weighted by molar-refractivity contribution is -0.133. The molecule has 0 radical (unpaired) electrons. The summed E-state index contributed by atoms with van der Waals surface area (Å²) >= 11 is 0. The van der Waals surface area contributed by atoms with Gasteiger partial charge in [-0.2, -0.15) is 4.31 Å². The number of amides is 1. The summed E-state index contributed by atoms with van der Waals surface area (Å²) < 4.78 is 45.6. The Hall–Kier alpha value is -2.78. The first-order valence-electron chi connectivity index (χ1n) is 10.5. The fourth-order valence-electron chi connectivity index (χ4n) is 3.65. The van der Waals surface area contributed by atoms with Crippen molar-refractivity contribution in [2.75, 3.05) is 20.2 Å². The third kappa shape index (κ3) is 5.72. The minimum Gasteiger partial charge on any atom is -0.452 e. The van der Waals surface area contributed by atoms with Gasteiger partial charge in [0.05, 0.1) is 10.5 Å². The highest BCUT2D eigenvalue weighted by Crippen LogP contribution is 2.25. The number of nitrogens with zero attached hydrogens (tertiary/aromatic N) is 2. The molecule has 1 heterocycles. The number of esters is 1. The summed E-state index contributed by atoms with van der Waals surface area (Å²) in [7, 11) is -2.10. The van der Waals surface area contributed by atoms with Crippen LogP contribution in [-0.2, 0) is 26.1 Å². The van der Waals surface area contributed by atoms with Gasteiger partial charge in [0.2, 0.25) is 10.0 Å². The molecule has 0 aromatic heterocycles. The molecule has 2 aromatic rings. The number of carbonyl (C=O) groups is 2. The van der Waals surface area contributed by atoms with Gasteiger partial charge in [0.1, 0.15) is 5.82 Å². The van der Waals surface area contributed by atoms with Gasteiger partial charge >= 0.3 is 5.97 Å². The van der Waals surface area contributed by atoms with E-state index in [0.717, 1.165) is 19.3 Å². The molecule has 1 fully saturated rings. The molecule has 1 unspecified atom stereocenters. The Morgan fingerprint density at radius 1 is 1.16 bits per heavy atom. The summed E-state index contributed by atoms with van der Waals surface area (Å²) in [6, 6.07) is 11.4. The van der Waals surface area contributed by atoms with Gasteiger partial charge in [-0.05, 0) is 61.7 Å². The van der Waals surface area contributed by atoms with Gasteiger partial charge in [0.15, 0.2) is 6.61 Å². The average molecular weight is 463 g/mol. The van der Waals surface area contributed by atoms with Crippen molar-refractivity contribution in [3.8, 4) is 0 Å². The molecule has 0 spiro atoms. The fourth-order valence-corrected chi connectivity index (χ4v) is 5.34. The number of carbonyl (C=O) groups excluding carboxylic acids is 2. The van der Waals surface area contributed by atoms with Crippen molar-refractivity contribution in [3.05, 3.63) is 65.5 Å². The molecule has 1 aliphatic rings. The zero-order valence-corrected chi connectivity index (χ0v) is 19.0. The van der Waals surface area contributed by atoms with Gasteiger partial charge in [-0.1, -0.05) is 18.6 Å². The maximum atomic E-state index is 13.3. The second-order valence-electron chi connectivity index (χ2n) is 7.94. The Labute approximate surface area is 187 Å². The van der Waals surface area contributed by atoms with Gasteiger partial charge in [0, 0.05) is 26.2 Å². The average Bonchev–Trinajstić information content (AvgIpc) is 2.77. The molecule has 2 aromatic carbocycles.